The molecule has 3 rings (SSSR count). The van der Waals surface area contributed by atoms with Gasteiger partial charge in [-0.3, -0.25) is 9.59 Å². The van der Waals surface area contributed by atoms with Crippen molar-refractivity contribution < 1.29 is 23.9 Å². The Kier molecular flexibility index (Phi) is 6.86. The van der Waals surface area contributed by atoms with Crippen LogP contribution in [0.4, 0.5) is 5.00 Å². The molecule has 0 saturated carbocycles. The highest BCUT2D eigenvalue weighted by Gasteiger charge is 2.27. The number of esters is 2. The van der Waals surface area contributed by atoms with E-state index < -0.39 is 17.8 Å². The van der Waals surface area contributed by atoms with Crippen LogP contribution >= 0.6 is 11.3 Å². The maximum absolute atomic E-state index is 12.7. The van der Waals surface area contributed by atoms with Gasteiger partial charge in [0.05, 0.1) is 18.8 Å². The summed E-state index contributed by atoms with van der Waals surface area (Å²) in [6.07, 6.45) is 1.54. The molecule has 1 N–H and O–H groups in total. The normalized spacial score (nSPS) is 10.7. The molecule has 0 aliphatic carbocycles. The number of fused-ring (bicyclic) bond motifs is 1. The molecule has 1 aromatic carbocycles. The summed E-state index contributed by atoms with van der Waals surface area (Å²) >= 11 is 0.939. The number of hydrogen-bond acceptors (Lipinski definition) is 7. The first-order valence-electron chi connectivity index (χ1n) is 9.73. The summed E-state index contributed by atoms with van der Waals surface area (Å²) in [5.74, 6) is -1.74. The molecule has 0 atom stereocenters. The van der Waals surface area contributed by atoms with Crippen molar-refractivity contribution in [2.75, 3.05) is 18.5 Å². The second-order valence-corrected chi connectivity index (χ2v) is 7.61. The van der Waals surface area contributed by atoms with Crippen LogP contribution < -0.4 is 10.9 Å². The Labute approximate surface area is 182 Å². The number of pyridine rings is 1. The zero-order valence-electron chi connectivity index (χ0n) is 17.4. The van der Waals surface area contributed by atoms with Crippen LogP contribution in [0.5, 0.6) is 0 Å². The Hall–Kier alpha value is -3.46. The van der Waals surface area contributed by atoms with Gasteiger partial charge in [-0.05, 0) is 43.9 Å². The van der Waals surface area contributed by atoms with E-state index in [9.17, 15) is 19.2 Å². The molecule has 0 unspecified atom stereocenters. The van der Waals surface area contributed by atoms with Gasteiger partial charge in [0, 0.05) is 11.6 Å². The third kappa shape index (κ3) is 4.66. The number of nitrogens with zero attached hydrogens (tertiary/aromatic N) is 1. The average Bonchev–Trinajstić information content (AvgIpc) is 3.06. The smallest absolute Gasteiger partial charge is 0.348 e. The molecular weight excluding hydrogens is 420 g/mol. The van der Waals surface area contributed by atoms with E-state index in [2.05, 4.69) is 5.32 Å². The van der Waals surface area contributed by atoms with Gasteiger partial charge in [0.25, 0.3) is 5.56 Å². The lowest BCUT2D eigenvalue weighted by atomic mass is 10.1. The third-order valence-corrected chi connectivity index (χ3v) is 5.73. The minimum atomic E-state index is -0.648. The second kappa shape index (κ2) is 9.57. The Morgan fingerprint density at radius 1 is 1.03 bits per heavy atom. The van der Waals surface area contributed by atoms with Gasteiger partial charge in [-0.1, -0.05) is 18.2 Å². The fourth-order valence-corrected chi connectivity index (χ4v) is 4.22. The fraction of sp³-hybridized carbons (Fsp3) is 0.273. The van der Waals surface area contributed by atoms with Gasteiger partial charge in [-0.15, -0.1) is 11.3 Å². The predicted molar refractivity (Wildman–Crippen MR) is 118 cm³/mol. The van der Waals surface area contributed by atoms with Gasteiger partial charge in [-0.2, -0.15) is 0 Å². The molecule has 8 nitrogen and oxygen atoms in total. The number of carbonyl (C=O) groups is 3. The van der Waals surface area contributed by atoms with Crippen molar-refractivity contribution >= 4 is 45.0 Å². The van der Waals surface area contributed by atoms with E-state index in [1.165, 1.54) is 4.57 Å². The number of ether oxygens (including phenoxy) is 2. The van der Waals surface area contributed by atoms with E-state index in [0.717, 1.165) is 16.7 Å². The number of aromatic nitrogens is 1. The summed E-state index contributed by atoms with van der Waals surface area (Å²) in [7, 11) is 0. The Morgan fingerprint density at radius 3 is 2.42 bits per heavy atom. The molecule has 1 amide bonds. The third-order valence-electron chi connectivity index (χ3n) is 4.54. The molecule has 9 heteroatoms. The minimum absolute atomic E-state index is 0.106. The average molecular weight is 442 g/mol. The van der Waals surface area contributed by atoms with Gasteiger partial charge < -0.3 is 19.4 Å². The molecular formula is C22H22N2O6S. The molecule has 3 aromatic rings. The molecule has 0 fully saturated rings. The lowest BCUT2D eigenvalue weighted by Gasteiger charge is -2.09. The Balaban J connectivity index is 1.90. The van der Waals surface area contributed by atoms with Crippen LogP contribution in [0.1, 0.15) is 39.4 Å². The minimum Gasteiger partial charge on any atom is -0.462 e. The van der Waals surface area contributed by atoms with Crippen molar-refractivity contribution in [1.82, 2.24) is 4.57 Å². The number of benzene rings is 1. The van der Waals surface area contributed by atoms with E-state index in [0.29, 0.717) is 10.9 Å². The highest BCUT2D eigenvalue weighted by Crippen LogP contribution is 2.34. The summed E-state index contributed by atoms with van der Waals surface area (Å²) in [5.41, 5.74) is 0.183. The monoisotopic (exact) mass is 442 g/mol. The van der Waals surface area contributed by atoms with Crippen LogP contribution in [0.3, 0.4) is 0 Å². The van der Waals surface area contributed by atoms with E-state index in [1.807, 2.05) is 12.1 Å². The summed E-state index contributed by atoms with van der Waals surface area (Å²) in [6.45, 7) is 5.00. The molecule has 162 valence electrons. The van der Waals surface area contributed by atoms with Crippen LogP contribution in [0, 0.1) is 6.92 Å². The maximum atomic E-state index is 12.7. The standard InChI is InChI=1S/C22H22N2O6S/c1-4-29-21(27)17-13(3)18(22(28)30-5-2)31-19(17)23-16(25)12-24-11-10-14-8-6-7-9-15(14)20(24)26/h6-11H,4-5,12H2,1-3H3,(H,23,25). The van der Waals surface area contributed by atoms with Crippen molar-refractivity contribution in [2.45, 2.75) is 27.3 Å². The molecule has 0 aliphatic rings. The quantitative estimate of drug-likeness (QED) is 0.563. The van der Waals surface area contributed by atoms with E-state index >= 15 is 0 Å². The SMILES string of the molecule is CCOC(=O)c1sc(NC(=O)Cn2ccc3ccccc3c2=O)c(C(=O)OCC)c1C. The molecule has 31 heavy (non-hydrogen) atoms. The van der Waals surface area contributed by atoms with Crippen molar-refractivity contribution in [3.63, 3.8) is 0 Å². The van der Waals surface area contributed by atoms with E-state index in [1.54, 1.807) is 45.2 Å². The molecule has 0 bridgehead atoms. The number of carbonyl (C=O) groups excluding carboxylic acids is 3. The van der Waals surface area contributed by atoms with Crippen LogP contribution in [-0.4, -0.2) is 35.6 Å². The lowest BCUT2D eigenvalue weighted by molar-refractivity contribution is -0.116. The first-order valence-corrected chi connectivity index (χ1v) is 10.5. The van der Waals surface area contributed by atoms with E-state index in [4.69, 9.17) is 9.47 Å². The van der Waals surface area contributed by atoms with Gasteiger partial charge >= 0.3 is 11.9 Å². The number of thiophene rings is 1. The highest BCUT2D eigenvalue weighted by molar-refractivity contribution is 7.18. The van der Waals surface area contributed by atoms with Gasteiger partial charge in [-0.25, -0.2) is 9.59 Å². The largest absolute Gasteiger partial charge is 0.462 e. The predicted octanol–water partition coefficient (Wildman–Crippen LogP) is 3.36. The van der Waals surface area contributed by atoms with Crippen molar-refractivity contribution in [1.29, 1.82) is 0 Å². The fourth-order valence-electron chi connectivity index (χ4n) is 3.12. The lowest BCUT2D eigenvalue weighted by Crippen LogP contribution is -2.27. The summed E-state index contributed by atoms with van der Waals surface area (Å²) < 4.78 is 11.4. The summed E-state index contributed by atoms with van der Waals surface area (Å²) in [5, 5.41) is 4.10. The summed E-state index contributed by atoms with van der Waals surface area (Å²) in [4.78, 5) is 50.2. The van der Waals surface area contributed by atoms with Crippen molar-refractivity contribution in [3.8, 4) is 0 Å². The Bertz CT molecular complexity index is 1210. The van der Waals surface area contributed by atoms with Crippen LogP contribution in [0.15, 0.2) is 41.3 Å². The number of amides is 1. The highest BCUT2D eigenvalue weighted by atomic mass is 32.1. The first kappa shape index (κ1) is 22.2. The number of rotatable bonds is 7. The zero-order chi connectivity index (χ0) is 22.5. The van der Waals surface area contributed by atoms with Crippen LogP contribution in [0.25, 0.3) is 10.8 Å². The van der Waals surface area contributed by atoms with Gasteiger partial charge in [0.15, 0.2) is 0 Å². The number of nitrogens with one attached hydrogen (secondary N) is 1. The van der Waals surface area contributed by atoms with Crippen LogP contribution in [0.2, 0.25) is 0 Å². The molecule has 0 aliphatic heterocycles. The molecule has 0 saturated heterocycles. The molecule has 2 aromatic heterocycles. The molecule has 0 radical (unpaired) electrons. The second-order valence-electron chi connectivity index (χ2n) is 6.59. The first-order chi connectivity index (χ1) is 14.9. The number of anilines is 1. The Morgan fingerprint density at radius 2 is 1.71 bits per heavy atom. The zero-order valence-corrected chi connectivity index (χ0v) is 18.2. The van der Waals surface area contributed by atoms with Crippen molar-refractivity contribution in [3.05, 3.63) is 62.9 Å². The summed E-state index contributed by atoms with van der Waals surface area (Å²) in [6, 6.07) is 8.85. The van der Waals surface area contributed by atoms with Gasteiger partial charge in [0.1, 0.15) is 16.4 Å². The number of hydrogen-bond donors (Lipinski definition) is 1. The maximum Gasteiger partial charge on any atom is 0.348 e. The topological polar surface area (TPSA) is 104 Å². The van der Waals surface area contributed by atoms with E-state index in [-0.39, 0.29) is 40.8 Å². The van der Waals surface area contributed by atoms with Gasteiger partial charge in [0.2, 0.25) is 5.91 Å². The molecule has 2 heterocycles. The van der Waals surface area contributed by atoms with Crippen molar-refractivity contribution in [2.24, 2.45) is 0 Å². The molecule has 0 spiro atoms. The van der Waals surface area contributed by atoms with Crippen LogP contribution in [-0.2, 0) is 20.8 Å².